The highest BCUT2D eigenvalue weighted by atomic mass is 16.3. The molecule has 0 aromatic heterocycles. The summed E-state index contributed by atoms with van der Waals surface area (Å²) in [6.07, 6.45) is 4.97. The minimum absolute atomic E-state index is 0.359. The molecular formula is C14H12O. The predicted molar refractivity (Wildman–Crippen MR) is 62.4 cm³/mol. The molecule has 0 spiro atoms. The number of benzene rings is 2. The number of aliphatic hydroxyl groups is 1. The quantitative estimate of drug-likeness (QED) is 0.732. The third kappa shape index (κ3) is 2.01. The van der Waals surface area contributed by atoms with Crippen molar-refractivity contribution in [2.24, 2.45) is 0 Å². The number of terminal acetylenes is 1. The first-order valence-corrected chi connectivity index (χ1v) is 4.91. The summed E-state index contributed by atoms with van der Waals surface area (Å²) < 4.78 is 0. The van der Waals surface area contributed by atoms with Crippen LogP contribution in [0.5, 0.6) is 0 Å². The van der Waals surface area contributed by atoms with E-state index in [0.717, 1.165) is 10.9 Å². The van der Waals surface area contributed by atoms with Crippen molar-refractivity contribution in [3.63, 3.8) is 0 Å². The number of hydrogen-bond acceptors (Lipinski definition) is 1. The van der Waals surface area contributed by atoms with Crippen LogP contribution in [0.15, 0.2) is 42.5 Å². The van der Waals surface area contributed by atoms with Gasteiger partial charge in [0.15, 0.2) is 0 Å². The Morgan fingerprint density at radius 2 is 1.87 bits per heavy atom. The molecule has 1 nitrogen and oxygen atoms in total. The first kappa shape index (κ1) is 9.76. The van der Waals surface area contributed by atoms with Crippen LogP contribution in [0.2, 0.25) is 0 Å². The molecule has 15 heavy (non-hydrogen) atoms. The summed E-state index contributed by atoms with van der Waals surface area (Å²) in [6.45, 7) is 0. The fourth-order valence-electron chi connectivity index (χ4n) is 1.64. The van der Waals surface area contributed by atoms with E-state index >= 15 is 0 Å². The number of rotatable bonds is 2. The van der Waals surface area contributed by atoms with E-state index in [2.05, 4.69) is 5.92 Å². The van der Waals surface area contributed by atoms with Crippen LogP contribution in [0.1, 0.15) is 18.1 Å². The normalized spacial score (nSPS) is 12.3. The molecule has 0 aliphatic carbocycles. The molecule has 1 heteroatoms. The zero-order valence-electron chi connectivity index (χ0n) is 8.35. The average Bonchev–Trinajstić information content (AvgIpc) is 2.29. The predicted octanol–water partition coefficient (Wildman–Crippen LogP) is 2.90. The smallest absolute Gasteiger partial charge is 0.0899 e. The molecule has 0 unspecified atom stereocenters. The summed E-state index contributed by atoms with van der Waals surface area (Å²) in [7, 11) is 0. The SMILES string of the molecule is C#CC[C@@H](O)c1ccc2ccccc2c1. The average molecular weight is 196 g/mol. The Bertz CT molecular complexity index is 508. The zero-order chi connectivity index (χ0) is 10.7. The number of fused-ring (bicyclic) bond motifs is 1. The highest BCUT2D eigenvalue weighted by Gasteiger charge is 2.05. The van der Waals surface area contributed by atoms with Crippen LogP contribution in [0.25, 0.3) is 10.8 Å². The van der Waals surface area contributed by atoms with Crippen molar-refractivity contribution in [1.29, 1.82) is 0 Å². The standard InChI is InChI=1S/C14H12O/c1-2-5-14(15)13-9-8-11-6-3-4-7-12(11)10-13/h1,3-4,6-10,14-15H,5H2/t14-/m1/s1. The molecule has 74 valence electrons. The number of aliphatic hydroxyl groups excluding tert-OH is 1. The lowest BCUT2D eigenvalue weighted by Gasteiger charge is -2.08. The van der Waals surface area contributed by atoms with Crippen molar-refractivity contribution in [1.82, 2.24) is 0 Å². The van der Waals surface area contributed by atoms with Gasteiger partial charge in [-0.3, -0.25) is 0 Å². The molecule has 1 atom stereocenters. The summed E-state index contributed by atoms with van der Waals surface area (Å²) in [4.78, 5) is 0. The molecule has 0 bridgehead atoms. The maximum Gasteiger partial charge on any atom is 0.0899 e. The lowest BCUT2D eigenvalue weighted by atomic mass is 10.0. The van der Waals surface area contributed by atoms with Gasteiger partial charge in [0.2, 0.25) is 0 Å². The van der Waals surface area contributed by atoms with Crippen molar-refractivity contribution in [2.45, 2.75) is 12.5 Å². The number of hydrogen-bond donors (Lipinski definition) is 1. The Morgan fingerprint density at radius 1 is 1.13 bits per heavy atom. The molecule has 0 amide bonds. The Kier molecular flexibility index (Phi) is 2.71. The van der Waals surface area contributed by atoms with E-state index in [1.807, 2.05) is 42.5 Å². The first-order valence-electron chi connectivity index (χ1n) is 4.91. The summed E-state index contributed by atoms with van der Waals surface area (Å²) in [5, 5.41) is 12.0. The van der Waals surface area contributed by atoms with Crippen LogP contribution in [0.4, 0.5) is 0 Å². The molecule has 0 heterocycles. The Balaban J connectivity index is 2.43. The highest BCUT2D eigenvalue weighted by Crippen LogP contribution is 2.21. The van der Waals surface area contributed by atoms with Gasteiger partial charge >= 0.3 is 0 Å². The topological polar surface area (TPSA) is 20.2 Å². The molecular weight excluding hydrogens is 184 g/mol. The van der Waals surface area contributed by atoms with Crippen LogP contribution in [0.3, 0.4) is 0 Å². The summed E-state index contributed by atoms with van der Waals surface area (Å²) >= 11 is 0. The van der Waals surface area contributed by atoms with Crippen LogP contribution >= 0.6 is 0 Å². The molecule has 2 aromatic carbocycles. The molecule has 2 rings (SSSR count). The van der Waals surface area contributed by atoms with E-state index in [1.54, 1.807) is 0 Å². The fourth-order valence-corrected chi connectivity index (χ4v) is 1.64. The largest absolute Gasteiger partial charge is 0.387 e. The molecule has 0 saturated carbocycles. The summed E-state index contributed by atoms with van der Waals surface area (Å²) in [5.41, 5.74) is 0.881. The van der Waals surface area contributed by atoms with Crippen LogP contribution in [-0.2, 0) is 0 Å². The zero-order valence-corrected chi connectivity index (χ0v) is 8.35. The van der Waals surface area contributed by atoms with Crippen LogP contribution in [0, 0.1) is 12.3 Å². The van der Waals surface area contributed by atoms with E-state index in [0.29, 0.717) is 6.42 Å². The van der Waals surface area contributed by atoms with Crippen molar-refractivity contribution < 1.29 is 5.11 Å². The highest BCUT2D eigenvalue weighted by molar-refractivity contribution is 5.83. The molecule has 0 radical (unpaired) electrons. The van der Waals surface area contributed by atoms with E-state index in [9.17, 15) is 5.11 Å². The van der Waals surface area contributed by atoms with Gasteiger partial charge in [0.05, 0.1) is 6.10 Å². The van der Waals surface area contributed by atoms with Gasteiger partial charge in [0.1, 0.15) is 0 Å². The maximum absolute atomic E-state index is 9.74. The fraction of sp³-hybridized carbons (Fsp3) is 0.143. The second-order valence-electron chi connectivity index (χ2n) is 3.53. The third-order valence-corrected chi connectivity index (χ3v) is 2.47. The van der Waals surface area contributed by atoms with E-state index < -0.39 is 6.10 Å². The van der Waals surface area contributed by atoms with Crippen molar-refractivity contribution in [3.8, 4) is 12.3 Å². The Labute approximate surface area is 89.4 Å². The minimum atomic E-state index is -0.556. The molecule has 1 N–H and O–H groups in total. The molecule has 0 aliphatic heterocycles. The molecule has 2 aromatic rings. The second-order valence-corrected chi connectivity index (χ2v) is 3.53. The van der Waals surface area contributed by atoms with Gasteiger partial charge in [-0.05, 0) is 22.4 Å². The maximum atomic E-state index is 9.74. The van der Waals surface area contributed by atoms with Gasteiger partial charge in [0, 0.05) is 6.42 Å². The van der Waals surface area contributed by atoms with Crippen molar-refractivity contribution in [3.05, 3.63) is 48.0 Å². The van der Waals surface area contributed by atoms with Gasteiger partial charge in [-0.2, -0.15) is 0 Å². The van der Waals surface area contributed by atoms with Crippen molar-refractivity contribution >= 4 is 10.8 Å². The summed E-state index contributed by atoms with van der Waals surface area (Å²) in [5.74, 6) is 2.46. The van der Waals surface area contributed by atoms with Crippen LogP contribution in [-0.4, -0.2) is 5.11 Å². The molecule has 0 aliphatic rings. The van der Waals surface area contributed by atoms with E-state index in [1.165, 1.54) is 5.39 Å². The van der Waals surface area contributed by atoms with E-state index in [4.69, 9.17) is 6.42 Å². The second kappa shape index (κ2) is 4.16. The Morgan fingerprint density at radius 3 is 2.60 bits per heavy atom. The Hall–Kier alpha value is -1.78. The van der Waals surface area contributed by atoms with Crippen molar-refractivity contribution in [2.75, 3.05) is 0 Å². The van der Waals surface area contributed by atoms with Gasteiger partial charge in [-0.25, -0.2) is 0 Å². The minimum Gasteiger partial charge on any atom is -0.387 e. The van der Waals surface area contributed by atoms with Gasteiger partial charge < -0.3 is 5.11 Å². The summed E-state index contributed by atoms with van der Waals surface area (Å²) in [6, 6.07) is 14.0. The lowest BCUT2D eigenvalue weighted by molar-refractivity contribution is 0.184. The van der Waals surface area contributed by atoms with Crippen LogP contribution < -0.4 is 0 Å². The molecule has 0 fully saturated rings. The van der Waals surface area contributed by atoms with Gasteiger partial charge in [-0.15, -0.1) is 12.3 Å². The monoisotopic (exact) mass is 196 g/mol. The lowest BCUT2D eigenvalue weighted by Crippen LogP contribution is -1.95. The van der Waals surface area contributed by atoms with E-state index in [-0.39, 0.29) is 0 Å². The third-order valence-electron chi connectivity index (χ3n) is 2.47. The first-order chi connectivity index (χ1) is 7.31. The van der Waals surface area contributed by atoms with Gasteiger partial charge in [-0.1, -0.05) is 36.4 Å². The van der Waals surface area contributed by atoms with Gasteiger partial charge in [0.25, 0.3) is 0 Å². The molecule has 0 saturated heterocycles.